The van der Waals surface area contributed by atoms with E-state index in [1.807, 2.05) is 73.7 Å². The van der Waals surface area contributed by atoms with Gasteiger partial charge in [-0.3, -0.25) is 9.78 Å². The molecular weight excluding hydrogens is 404 g/mol. The van der Waals surface area contributed by atoms with Crippen LogP contribution in [0, 0.1) is 0 Å². The monoisotopic (exact) mass is 426 g/mol. The van der Waals surface area contributed by atoms with E-state index in [-0.39, 0.29) is 11.9 Å². The van der Waals surface area contributed by atoms with Crippen LogP contribution in [-0.2, 0) is 17.2 Å². The highest BCUT2D eigenvalue weighted by atomic mass is 35.5. The smallest absolute Gasteiger partial charge is 0.230 e. The second-order valence-corrected chi connectivity index (χ2v) is 8.02. The molecule has 0 saturated carbocycles. The van der Waals surface area contributed by atoms with Gasteiger partial charge in [-0.1, -0.05) is 41.9 Å². The van der Waals surface area contributed by atoms with Gasteiger partial charge in [-0.15, -0.1) is 11.8 Å². The number of thioether (sulfide) groups is 1. The van der Waals surface area contributed by atoms with Gasteiger partial charge in [0, 0.05) is 17.0 Å². The Bertz CT molecular complexity index is 937. The van der Waals surface area contributed by atoms with E-state index in [0.717, 1.165) is 28.3 Å². The van der Waals surface area contributed by atoms with Crippen molar-refractivity contribution in [1.82, 2.24) is 10.3 Å². The summed E-state index contributed by atoms with van der Waals surface area (Å²) in [4.78, 5) is 16.5. The van der Waals surface area contributed by atoms with Crippen LogP contribution in [-0.4, -0.2) is 16.6 Å². The van der Waals surface area contributed by atoms with Gasteiger partial charge in [0.05, 0.1) is 17.5 Å². The van der Waals surface area contributed by atoms with Crippen molar-refractivity contribution in [3.05, 3.63) is 94.8 Å². The van der Waals surface area contributed by atoms with E-state index in [2.05, 4.69) is 10.3 Å². The van der Waals surface area contributed by atoms with Gasteiger partial charge >= 0.3 is 0 Å². The largest absolute Gasteiger partial charge is 0.487 e. The number of ether oxygens (including phenoxy) is 1. The van der Waals surface area contributed by atoms with Crippen LogP contribution >= 0.6 is 23.4 Å². The first-order valence-electron chi connectivity index (χ1n) is 9.34. The Morgan fingerprint density at radius 1 is 1.14 bits per heavy atom. The molecule has 0 bridgehead atoms. The first-order valence-corrected chi connectivity index (χ1v) is 10.9. The molecule has 0 aliphatic heterocycles. The standard InChI is InChI=1S/C23H23ClN2O2S/c1-17(26-23(27)16-29-15-18-6-4-8-20(24)12-18)19-7-5-10-22(13-19)28-14-21-9-2-3-11-25-21/h2-13,17H,14-16H2,1H3,(H,26,27). The van der Waals surface area contributed by atoms with Crippen LogP contribution in [0.5, 0.6) is 5.75 Å². The number of rotatable bonds is 9. The molecule has 0 fully saturated rings. The molecule has 4 nitrogen and oxygen atoms in total. The summed E-state index contributed by atoms with van der Waals surface area (Å²) < 4.78 is 5.82. The average molecular weight is 427 g/mol. The number of hydrogen-bond donors (Lipinski definition) is 1. The van der Waals surface area contributed by atoms with Gasteiger partial charge in [0.2, 0.25) is 5.91 Å². The summed E-state index contributed by atoms with van der Waals surface area (Å²) in [6.45, 7) is 2.38. The molecule has 0 aliphatic carbocycles. The number of carbonyl (C=O) groups excluding carboxylic acids is 1. The van der Waals surface area contributed by atoms with Crippen molar-refractivity contribution in [2.24, 2.45) is 0 Å². The second kappa shape index (κ2) is 10.9. The summed E-state index contributed by atoms with van der Waals surface area (Å²) in [7, 11) is 0. The van der Waals surface area contributed by atoms with E-state index in [9.17, 15) is 4.79 Å². The van der Waals surface area contributed by atoms with Crippen molar-refractivity contribution >= 4 is 29.3 Å². The van der Waals surface area contributed by atoms with Crippen LogP contribution in [0.2, 0.25) is 5.02 Å². The Morgan fingerprint density at radius 3 is 2.79 bits per heavy atom. The van der Waals surface area contributed by atoms with E-state index >= 15 is 0 Å². The predicted octanol–water partition coefficient (Wildman–Crippen LogP) is 5.42. The molecule has 0 radical (unpaired) electrons. The summed E-state index contributed by atoms with van der Waals surface area (Å²) >= 11 is 7.56. The lowest BCUT2D eigenvalue weighted by Gasteiger charge is -2.15. The Morgan fingerprint density at radius 2 is 2.00 bits per heavy atom. The number of aromatic nitrogens is 1. The molecule has 0 aliphatic rings. The van der Waals surface area contributed by atoms with E-state index in [4.69, 9.17) is 16.3 Å². The van der Waals surface area contributed by atoms with Crippen molar-refractivity contribution in [3.63, 3.8) is 0 Å². The fourth-order valence-corrected chi connectivity index (χ4v) is 3.77. The summed E-state index contributed by atoms with van der Waals surface area (Å²) in [6, 6.07) is 21.1. The van der Waals surface area contributed by atoms with Gasteiger partial charge in [-0.2, -0.15) is 0 Å². The maximum absolute atomic E-state index is 12.3. The molecule has 1 unspecified atom stereocenters. The SMILES string of the molecule is CC(NC(=O)CSCc1cccc(Cl)c1)c1cccc(OCc2ccccn2)c1. The Balaban J connectivity index is 1.46. The molecule has 1 atom stereocenters. The molecule has 150 valence electrons. The minimum Gasteiger partial charge on any atom is -0.487 e. The molecular formula is C23H23ClN2O2S. The topological polar surface area (TPSA) is 51.2 Å². The number of nitrogens with zero attached hydrogens (tertiary/aromatic N) is 1. The molecule has 1 N–H and O–H groups in total. The highest BCUT2D eigenvalue weighted by Gasteiger charge is 2.11. The van der Waals surface area contributed by atoms with Gasteiger partial charge in [0.25, 0.3) is 0 Å². The lowest BCUT2D eigenvalue weighted by atomic mass is 10.1. The van der Waals surface area contributed by atoms with Crippen molar-refractivity contribution in [3.8, 4) is 5.75 Å². The van der Waals surface area contributed by atoms with Crippen LogP contribution < -0.4 is 10.1 Å². The van der Waals surface area contributed by atoms with Crippen molar-refractivity contribution < 1.29 is 9.53 Å². The normalized spacial score (nSPS) is 11.7. The summed E-state index contributed by atoms with van der Waals surface area (Å²) in [5.41, 5.74) is 2.98. The third-order valence-corrected chi connectivity index (χ3v) is 5.48. The first kappa shape index (κ1) is 21.2. The molecule has 3 aromatic rings. The zero-order valence-electron chi connectivity index (χ0n) is 16.2. The quantitative estimate of drug-likeness (QED) is 0.496. The van der Waals surface area contributed by atoms with Crippen molar-refractivity contribution in [1.29, 1.82) is 0 Å². The first-order chi connectivity index (χ1) is 14.1. The molecule has 1 aromatic heterocycles. The van der Waals surface area contributed by atoms with Gasteiger partial charge in [0.15, 0.2) is 0 Å². The third kappa shape index (κ3) is 7.11. The van der Waals surface area contributed by atoms with Gasteiger partial charge in [-0.25, -0.2) is 0 Å². The van der Waals surface area contributed by atoms with E-state index in [0.29, 0.717) is 17.4 Å². The van der Waals surface area contributed by atoms with Crippen LogP contribution in [0.3, 0.4) is 0 Å². The van der Waals surface area contributed by atoms with Crippen molar-refractivity contribution in [2.45, 2.75) is 25.3 Å². The lowest BCUT2D eigenvalue weighted by Crippen LogP contribution is -2.28. The Labute approximate surface area is 180 Å². The molecule has 0 spiro atoms. The zero-order chi connectivity index (χ0) is 20.5. The number of pyridine rings is 1. The number of hydrogen-bond acceptors (Lipinski definition) is 4. The summed E-state index contributed by atoms with van der Waals surface area (Å²) in [6.07, 6.45) is 1.75. The summed E-state index contributed by atoms with van der Waals surface area (Å²) in [5, 5.41) is 3.76. The number of halogens is 1. The van der Waals surface area contributed by atoms with Crippen molar-refractivity contribution in [2.75, 3.05) is 5.75 Å². The van der Waals surface area contributed by atoms with E-state index in [1.54, 1.807) is 18.0 Å². The molecule has 0 saturated heterocycles. The molecule has 2 aromatic carbocycles. The van der Waals surface area contributed by atoms with Gasteiger partial charge in [-0.05, 0) is 54.4 Å². The maximum atomic E-state index is 12.3. The molecule has 1 amide bonds. The minimum atomic E-state index is -0.104. The number of amides is 1. The van der Waals surface area contributed by atoms with E-state index < -0.39 is 0 Å². The number of nitrogens with one attached hydrogen (secondary N) is 1. The predicted molar refractivity (Wildman–Crippen MR) is 119 cm³/mol. The fourth-order valence-electron chi connectivity index (χ4n) is 2.77. The van der Waals surface area contributed by atoms with Crippen LogP contribution in [0.25, 0.3) is 0 Å². The minimum absolute atomic E-state index is 0.00401. The second-order valence-electron chi connectivity index (χ2n) is 6.59. The van der Waals surface area contributed by atoms with Crippen LogP contribution in [0.1, 0.15) is 29.8 Å². The Hall–Kier alpha value is -2.50. The highest BCUT2D eigenvalue weighted by Crippen LogP contribution is 2.21. The van der Waals surface area contributed by atoms with Gasteiger partial charge in [0.1, 0.15) is 12.4 Å². The van der Waals surface area contributed by atoms with Crippen LogP contribution in [0.4, 0.5) is 0 Å². The molecule has 3 rings (SSSR count). The highest BCUT2D eigenvalue weighted by molar-refractivity contribution is 7.99. The third-order valence-electron chi connectivity index (χ3n) is 4.24. The van der Waals surface area contributed by atoms with Gasteiger partial charge < -0.3 is 10.1 Å². The molecule has 1 heterocycles. The van der Waals surface area contributed by atoms with Crippen LogP contribution in [0.15, 0.2) is 72.9 Å². The lowest BCUT2D eigenvalue weighted by molar-refractivity contribution is -0.119. The fraction of sp³-hybridized carbons (Fsp3) is 0.217. The zero-order valence-corrected chi connectivity index (χ0v) is 17.7. The number of carbonyl (C=O) groups is 1. The maximum Gasteiger partial charge on any atom is 0.230 e. The van der Waals surface area contributed by atoms with E-state index in [1.165, 1.54) is 0 Å². The molecule has 6 heteroatoms. The average Bonchev–Trinajstić information content (AvgIpc) is 2.73. The number of benzene rings is 2. The Kier molecular flexibility index (Phi) is 7.96. The molecule has 29 heavy (non-hydrogen) atoms. The summed E-state index contributed by atoms with van der Waals surface area (Å²) in [5.74, 6) is 1.90.